The molecule has 0 aromatic heterocycles. The molecule has 0 radical (unpaired) electrons. The third-order valence-electron chi connectivity index (χ3n) is 4.47. The number of hydrogen-bond acceptors (Lipinski definition) is 3. The maximum atomic E-state index is 6.17. The fourth-order valence-corrected chi connectivity index (χ4v) is 3.22. The quantitative estimate of drug-likeness (QED) is 0.796. The highest BCUT2D eigenvalue weighted by Crippen LogP contribution is 2.19. The van der Waals surface area contributed by atoms with Gasteiger partial charge in [-0.2, -0.15) is 0 Å². The van der Waals surface area contributed by atoms with Crippen LogP contribution >= 0.6 is 11.6 Å². The molecule has 1 fully saturated rings. The summed E-state index contributed by atoms with van der Waals surface area (Å²) in [5.74, 6) is 1.68. The molecule has 4 heteroatoms. The van der Waals surface area contributed by atoms with Gasteiger partial charge < -0.3 is 15.4 Å². The molecule has 0 spiro atoms. The molecule has 2 aromatic carbocycles. The van der Waals surface area contributed by atoms with Crippen LogP contribution in [0.15, 0.2) is 48.5 Å². The lowest BCUT2D eigenvalue weighted by Crippen LogP contribution is -2.33. The van der Waals surface area contributed by atoms with Crippen LogP contribution in [0.3, 0.4) is 0 Å². The molecule has 1 heterocycles. The van der Waals surface area contributed by atoms with Crippen molar-refractivity contribution in [1.29, 1.82) is 0 Å². The summed E-state index contributed by atoms with van der Waals surface area (Å²) in [5.41, 5.74) is 2.26. The van der Waals surface area contributed by atoms with E-state index in [2.05, 4.69) is 22.8 Å². The van der Waals surface area contributed by atoms with Crippen LogP contribution in [0.5, 0.6) is 5.75 Å². The summed E-state index contributed by atoms with van der Waals surface area (Å²) in [5, 5.41) is 7.73. The normalized spacial score (nSPS) is 15.4. The van der Waals surface area contributed by atoms with Gasteiger partial charge in [0.05, 0.1) is 0 Å². The van der Waals surface area contributed by atoms with E-state index in [4.69, 9.17) is 16.3 Å². The van der Waals surface area contributed by atoms with Crippen LogP contribution in [-0.2, 0) is 13.2 Å². The van der Waals surface area contributed by atoms with Gasteiger partial charge in [0.2, 0.25) is 0 Å². The van der Waals surface area contributed by atoms with E-state index in [0.717, 1.165) is 48.4 Å². The van der Waals surface area contributed by atoms with Gasteiger partial charge in [-0.3, -0.25) is 0 Å². The number of ether oxygens (including phenoxy) is 1. The van der Waals surface area contributed by atoms with E-state index in [1.54, 1.807) is 0 Å². The highest BCUT2D eigenvalue weighted by Gasteiger charge is 2.12. The average Bonchev–Trinajstić information content (AvgIpc) is 2.62. The Labute approximate surface area is 149 Å². The first kappa shape index (κ1) is 17.3. The Morgan fingerprint density at radius 3 is 2.75 bits per heavy atom. The van der Waals surface area contributed by atoms with E-state index in [-0.39, 0.29) is 0 Å². The first-order valence-corrected chi connectivity index (χ1v) is 9.05. The Balaban J connectivity index is 1.47. The lowest BCUT2D eigenvalue weighted by molar-refractivity contribution is 0.306. The van der Waals surface area contributed by atoms with Gasteiger partial charge in [0.15, 0.2) is 0 Å². The lowest BCUT2D eigenvalue weighted by atomic mass is 9.98. The number of hydrogen-bond donors (Lipinski definition) is 2. The molecule has 0 saturated carbocycles. The van der Waals surface area contributed by atoms with Crippen molar-refractivity contribution < 1.29 is 4.74 Å². The Kier molecular flexibility index (Phi) is 6.53. The first-order chi connectivity index (χ1) is 11.8. The lowest BCUT2D eigenvalue weighted by Gasteiger charge is -2.22. The van der Waals surface area contributed by atoms with Crippen LogP contribution in [0.1, 0.15) is 24.0 Å². The van der Waals surface area contributed by atoms with Crippen LogP contribution < -0.4 is 15.4 Å². The Morgan fingerprint density at radius 2 is 1.92 bits per heavy atom. The van der Waals surface area contributed by atoms with Crippen LogP contribution in [0.2, 0.25) is 5.02 Å². The van der Waals surface area contributed by atoms with Gasteiger partial charge in [-0.1, -0.05) is 41.9 Å². The van der Waals surface area contributed by atoms with Crippen LogP contribution in [0, 0.1) is 5.92 Å². The fourth-order valence-electron chi connectivity index (χ4n) is 3.03. The second-order valence-electron chi connectivity index (χ2n) is 6.35. The summed E-state index contributed by atoms with van der Waals surface area (Å²) < 4.78 is 5.89. The summed E-state index contributed by atoms with van der Waals surface area (Å²) in [6, 6.07) is 16.1. The third-order valence-corrected chi connectivity index (χ3v) is 4.84. The van der Waals surface area contributed by atoms with E-state index >= 15 is 0 Å². The number of rotatable bonds is 7. The number of halogens is 1. The SMILES string of the molecule is Clc1ccccc1COc1cccc(CNCC2CCNCC2)c1. The van der Waals surface area contributed by atoms with Gasteiger partial charge in [0, 0.05) is 17.1 Å². The van der Waals surface area contributed by atoms with Crippen LogP contribution in [0.4, 0.5) is 0 Å². The van der Waals surface area contributed by atoms with Crippen molar-refractivity contribution in [3.05, 3.63) is 64.7 Å². The van der Waals surface area contributed by atoms with Gasteiger partial charge in [-0.05, 0) is 62.2 Å². The van der Waals surface area contributed by atoms with Crippen molar-refractivity contribution in [2.45, 2.75) is 26.0 Å². The van der Waals surface area contributed by atoms with Crippen molar-refractivity contribution in [3.63, 3.8) is 0 Å². The molecule has 0 aliphatic carbocycles. The minimum absolute atomic E-state index is 0.492. The summed E-state index contributed by atoms with van der Waals surface area (Å²) in [7, 11) is 0. The standard InChI is InChI=1S/C20H25ClN2O/c21-20-7-2-1-5-18(20)15-24-19-6-3-4-17(12-19)14-23-13-16-8-10-22-11-9-16/h1-7,12,16,22-23H,8-11,13-15H2. The van der Waals surface area contributed by atoms with E-state index in [1.165, 1.54) is 18.4 Å². The summed E-state index contributed by atoms with van der Waals surface area (Å²) in [6.45, 7) is 4.76. The van der Waals surface area contributed by atoms with Gasteiger partial charge in [-0.15, -0.1) is 0 Å². The van der Waals surface area contributed by atoms with E-state index in [9.17, 15) is 0 Å². The molecule has 0 bridgehead atoms. The largest absolute Gasteiger partial charge is 0.489 e. The topological polar surface area (TPSA) is 33.3 Å². The zero-order chi connectivity index (χ0) is 16.6. The minimum Gasteiger partial charge on any atom is -0.489 e. The average molecular weight is 345 g/mol. The van der Waals surface area contributed by atoms with Crippen molar-refractivity contribution in [3.8, 4) is 5.75 Å². The summed E-state index contributed by atoms with van der Waals surface area (Å²) in [6.07, 6.45) is 2.54. The predicted octanol–water partition coefficient (Wildman–Crippen LogP) is 4.01. The molecule has 0 amide bonds. The van der Waals surface area contributed by atoms with Gasteiger partial charge >= 0.3 is 0 Å². The maximum Gasteiger partial charge on any atom is 0.120 e. The molecule has 1 saturated heterocycles. The number of nitrogens with one attached hydrogen (secondary N) is 2. The minimum atomic E-state index is 0.492. The fraction of sp³-hybridized carbons (Fsp3) is 0.400. The molecule has 2 N–H and O–H groups in total. The highest BCUT2D eigenvalue weighted by atomic mass is 35.5. The van der Waals surface area contributed by atoms with Crippen molar-refractivity contribution in [2.24, 2.45) is 5.92 Å². The molecule has 3 nitrogen and oxygen atoms in total. The molecule has 1 aliphatic rings. The van der Waals surface area contributed by atoms with Crippen molar-refractivity contribution in [1.82, 2.24) is 10.6 Å². The highest BCUT2D eigenvalue weighted by molar-refractivity contribution is 6.31. The van der Waals surface area contributed by atoms with Gasteiger partial charge in [-0.25, -0.2) is 0 Å². The number of benzene rings is 2. The second kappa shape index (κ2) is 9.07. The molecule has 128 valence electrons. The van der Waals surface area contributed by atoms with Crippen LogP contribution in [-0.4, -0.2) is 19.6 Å². The molecular formula is C20H25ClN2O. The molecule has 0 atom stereocenters. The molecule has 2 aromatic rings. The zero-order valence-electron chi connectivity index (χ0n) is 13.9. The number of piperidine rings is 1. The third kappa shape index (κ3) is 5.23. The van der Waals surface area contributed by atoms with Crippen LogP contribution in [0.25, 0.3) is 0 Å². The predicted molar refractivity (Wildman–Crippen MR) is 99.5 cm³/mol. The molecule has 1 aliphatic heterocycles. The molecule has 24 heavy (non-hydrogen) atoms. The van der Waals surface area contributed by atoms with Crippen molar-refractivity contribution in [2.75, 3.05) is 19.6 Å². The van der Waals surface area contributed by atoms with Gasteiger partial charge in [0.1, 0.15) is 12.4 Å². The Hall–Kier alpha value is -1.55. The summed E-state index contributed by atoms with van der Waals surface area (Å²) in [4.78, 5) is 0. The zero-order valence-corrected chi connectivity index (χ0v) is 14.7. The maximum absolute atomic E-state index is 6.17. The molecule has 0 unspecified atom stereocenters. The van der Waals surface area contributed by atoms with E-state index in [0.29, 0.717) is 6.61 Å². The van der Waals surface area contributed by atoms with E-state index < -0.39 is 0 Å². The van der Waals surface area contributed by atoms with Gasteiger partial charge in [0.25, 0.3) is 0 Å². The smallest absolute Gasteiger partial charge is 0.120 e. The Morgan fingerprint density at radius 1 is 1.08 bits per heavy atom. The Bertz CT molecular complexity index is 641. The van der Waals surface area contributed by atoms with E-state index in [1.807, 2.05) is 36.4 Å². The summed E-state index contributed by atoms with van der Waals surface area (Å²) >= 11 is 6.17. The first-order valence-electron chi connectivity index (χ1n) is 8.68. The monoisotopic (exact) mass is 344 g/mol. The second-order valence-corrected chi connectivity index (χ2v) is 6.76. The molecular weight excluding hydrogens is 320 g/mol. The molecule has 3 rings (SSSR count). The van der Waals surface area contributed by atoms with Crippen molar-refractivity contribution >= 4 is 11.6 Å².